The average Bonchev–Trinajstić information content (AvgIpc) is 2.63. The van der Waals surface area contributed by atoms with Crippen molar-refractivity contribution in [1.82, 2.24) is 9.88 Å². The Labute approximate surface area is 150 Å². The Kier molecular flexibility index (Phi) is 5.20. The van der Waals surface area contributed by atoms with Crippen molar-refractivity contribution < 1.29 is 4.79 Å². The lowest BCUT2D eigenvalue weighted by Gasteiger charge is -2.45. The number of fused-ring (bicyclic) bond motifs is 2. The molecule has 0 aromatic carbocycles. The molecule has 136 valence electrons. The van der Waals surface area contributed by atoms with Crippen molar-refractivity contribution in [3.8, 4) is 0 Å². The van der Waals surface area contributed by atoms with Gasteiger partial charge in [0, 0.05) is 25.2 Å². The second-order valence-corrected chi connectivity index (χ2v) is 7.84. The predicted molar refractivity (Wildman–Crippen MR) is 101 cm³/mol. The maximum Gasteiger partial charge on any atom is 0.238 e. The Morgan fingerprint density at radius 1 is 1.00 bits per heavy atom. The molecule has 1 N–H and O–H groups in total. The van der Waals surface area contributed by atoms with E-state index in [0.717, 1.165) is 24.6 Å². The summed E-state index contributed by atoms with van der Waals surface area (Å²) in [6.07, 6.45) is 13.3. The van der Waals surface area contributed by atoms with Crippen LogP contribution < -0.4 is 10.2 Å². The maximum absolute atomic E-state index is 12.5. The summed E-state index contributed by atoms with van der Waals surface area (Å²) in [5, 5.41) is 3.05. The van der Waals surface area contributed by atoms with Crippen LogP contribution in [0.1, 0.15) is 57.8 Å². The summed E-state index contributed by atoms with van der Waals surface area (Å²) in [6, 6.07) is 5.28. The van der Waals surface area contributed by atoms with E-state index < -0.39 is 0 Å². The van der Waals surface area contributed by atoms with Crippen molar-refractivity contribution in [1.29, 1.82) is 0 Å². The van der Waals surface area contributed by atoms with Crippen LogP contribution in [0.25, 0.3) is 0 Å². The second kappa shape index (κ2) is 7.73. The molecule has 3 fully saturated rings. The van der Waals surface area contributed by atoms with E-state index in [1.54, 1.807) is 6.20 Å². The highest BCUT2D eigenvalue weighted by Gasteiger charge is 2.34. The maximum atomic E-state index is 12.5. The Morgan fingerprint density at radius 3 is 2.28 bits per heavy atom. The summed E-state index contributed by atoms with van der Waals surface area (Å²) < 4.78 is 0. The molecule has 4 heterocycles. The molecular weight excluding hydrogens is 312 g/mol. The van der Waals surface area contributed by atoms with E-state index in [4.69, 9.17) is 0 Å². The summed E-state index contributed by atoms with van der Waals surface area (Å²) in [7, 11) is 0. The number of anilines is 2. The zero-order valence-electron chi connectivity index (χ0n) is 15.1. The molecule has 0 unspecified atom stereocenters. The van der Waals surface area contributed by atoms with Crippen LogP contribution in [0.5, 0.6) is 0 Å². The van der Waals surface area contributed by atoms with Gasteiger partial charge in [0.15, 0.2) is 0 Å². The van der Waals surface area contributed by atoms with Gasteiger partial charge in [-0.2, -0.15) is 0 Å². The monoisotopic (exact) mass is 342 g/mol. The summed E-state index contributed by atoms with van der Waals surface area (Å²) in [5.41, 5.74) is 0.813. The molecule has 2 bridgehead atoms. The largest absolute Gasteiger partial charge is 0.357 e. The number of nitrogens with one attached hydrogen (secondary N) is 1. The van der Waals surface area contributed by atoms with Gasteiger partial charge in [-0.25, -0.2) is 4.98 Å². The number of nitrogens with zero attached hydrogens (tertiary/aromatic N) is 3. The third-order valence-electron chi connectivity index (χ3n) is 6.13. The van der Waals surface area contributed by atoms with Gasteiger partial charge in [0.05, 0.1) is 18.4 Å². The van der Waals surface area contributed by atoms with Crippen molar-refractivity contribution >= 4 is 17.4 Å². The highest BCUT2D eigenvalue weighted by Crippen LogP contribution is 2.33. The van der Waals surface area contributed by atoms with E-state index in [0.29, 0.717) is 18.6 Å². The number of carbonyl (C=O) groups excluding carboxylic acids is 1. The third-order valence-corrected chi connectivity index (χ3v) is 6.13. The van der Waals surface area contributed by atoms with Gasteiger partial charge in [-0.3, -0.25) is 9.69 Å². The topological polar surface area (TPSA) is 48.5 Å². The molecule has 0 spiro atoms. The molecule has 3 aliphatic heterocycles. The van der Waals surface area contributed by atoms with Crippen LogP contribution in [0, 0.1) is 0 Å². The Morgan fingerprint density at radius 2 is 1.68 bits per heavy atom. The molecule has 1 aromatic heterocycles. The van der Waals surface area contributed by atoms with Crippen LogP contribution in [0.3, 0.4) is 0 Å². The van der Waals surface area contributed by atoms with Crippen LogP contribution in [-0.4, -0.2) is 47.5 Å². The zero-order chi connectivity index (χ0) is 17.1. The van der Waals surface area contributed by atoms with Gasteiger partial charge in [-0.05, 0) is 57.1 Å². The number of amides is 1. The smallest absolute Gasteiger partial charge is 0.238 e. The van der Waals surface area contributed by atoms with Gasteiger partial charge in [-0.1, -0.05) is 12.8 Å². The second-order valence-electron chi connectivity index (χ2n) is 7.84. The van der Waals surface area contributed by atoms with Crippen molar-refractivity contribution in [2.24, 2.45) is 0 Å². The summed E-state index contributed by atoms with van der Waals surface area (Å²) in [4.78, 5) is 21.9. The Balaban J connectivity index is 1.33. The predicted octanol–water partition coefficient (Wildman–Crippen LogP) is 3.42. The highest BCUT2D eigenvalue weighted by molar-refractivity contribution is 5.92. The van der Waals surface area contributed by atoms with Crippen LogP contribution in [0.2, 0.25) is 0 Å². The molecule has 1 amide bonds. The molecule has 1 aromatic rings. The summed E-state index contributed by atoms with van der Waals surface area (Å²) in [6.45, 7) is 2.72. The number of aromatic nitrogens is 1. The van der Waals surface area contributed by atoms with Crippen LogP contribution in [-0.2, 0) is 4.79 Å². The van der Waals surface area contributed by atoms with Crippen molar-refractivity contribution in [2.75, 3.05) is 29.9 Å². The standard InChI is InChI=1S/C20H30N4O/c25-20(15-24-17-6-4-7-18(24)9-5-8-17)22-16-10-11-19(21-14-16)23-12-2-1-3-13-23/h10-11,14,17-18H,1-9,12-13,15H2,(H,22,25). The lowest BCUT2D eigenvalue weighted by molar-refractivity contribution is -0.119. The molecule has 0 radical (unpaired) electrons. The van der Waals surface area contributed by atoms with Crippen molar-refractivity contribution in [3.05, 3.63) is 18.3 Å². The minimum absolute atomic E-state index is 0.103. The lowest BCUT2D eigenvalue weighted by Crippen LogP contribution is -2.52. The molecule has 25 heavy (non-hydrogen) atoms. The molecule has 5 heteroatoms. The van der Waals surface area contributed by atoms with E-state index in [1.807, 2.05) is 12.1 Å². The Hall–Kier alpha value is -1.62. The number of rotatable bonds is 4. The molecule has 0 aliphatic carbocycles. The first-order chi connectivity index (χ1) is 12.3. The average molecular weight is 342 g/mol. The molecule has 4 rings (SSSR count). The van der Waals surface area contributed by atoms with Crippen molar-refractivity contribution in [3.63, 3.8) is 0 Å². The van der Waals surface area contributed by atoms with Gasteiger partial charge in [0.25, 0.3) is 0 Å². The fourth-order valence-corrected chi connectivity index (χ4v) is 4.82. The van der Waals surface area contributed by atoms with Gasteiger partial charge in [0.1, 0.15) is 5.82 Å². The van der Waals surface area contributed by atoms with Gasteiger partial charge >= 0.3 is 0 Å². The fraction of sp³-hybridized carbons (Fsp3) is 0.700. The van der Waals surface area contributed by atoms with E-state index in [-0.39, 0.29) is 5.91 Å². The first-order valence-corrected chi connectivity index (χ1v) is 10.1. The minimum Gasteiger partial charge on any atom is -0.357 e. The first kappa shape index (κ1) is 16.8. The summed E-state index contributed by atoms with van der Waals surface area (Å²) >= 11 is 0. The van der Waals surface area contributed by atoms with E-state index in [2.05, 4.69) is 20.1 Å². The molecule has 0 atom stereocenters. The molecule has 0 saturated carbocycles. The van der Waals surface area contributed by atoms with Gasteiger partial charge in [-0.15, -0.1) is 0 Å². The SMILES string of the molecule is O=C(CN1C2CCCC1CCC2)Nc1ccc(N2CCCCC2)nc1. The molecule has 3 aliphatic rings. The van der Waals surface area contributed by atoms with Crippen LogP contribution >= 0.6 is 0 Å². The normalized spacial score (nSPS) is 27.1. The number of pyridine rings is 1. The molecule has 3 saturated heterocycles. The van der Waals surface area contributed by atoms with Crippen molar-refractivity contribution in [2.45, 2.75) is 69.9 Å². The number of piperidine rings is 3. The number of carbonyl (C=O) groups is 1. The lowest BCUT2D eigenvalue weighted by atomic mass is 9.84. The Bertz CT molecular complexity index is 560. The number of hydrogen-bond acceptors (Lipinski definition) is 4. The van der Waals surface area contributed by atoms with Crippen LogP contribution in [0.4, 0.5) is 11.5 Å². The zero-order valence-corrected chi connectivity index (χ0v) is 15.1. The van der Waals surface area contributed by atoms with Gasteiger partial charge < -0.3 is 10.2 Å². The molecular formula is C20H30N4O. The highest BCUT2D eigenvalue weighted by atomic mass is 16.2. The van der Waals surface area contributed by atoms with E-state index in [9.17, 15) is 4.79 Å². The fourth-order valence-electron chi connectivity index (χ4n) is 4.82. The van der Waals surface area contributed by atoms with Gasteiger partial charge in [0.2, 0.25) is 5.91 Å². The van der Waals surface area contributed by atoms with E-state index in [1.165, 1.54) is 57.8 Å². The quantitative estimate of drug-likeness (QED) is 0.911. The number of hydrogen-bond donors (Lipinski definition) is 1. The first-order valence-electron chi connectivity index (χ1n) is 10.1. The van der Waals surface area contributed by atoms with Crippen LogP contribution in [0.15, 0.2) is 18.3 Å². The van der Waals surface area contributed by atoms with E-state index >= 15 is 0 Å². The third kappa shape index (κ3) is 3.97. The minimum atomic E-state index is 0.103. The molecule has 5 nitrogen and oxygen atoms in total. The summed E-state index contributed by atoms with van der Waals surface area (Å²) in [5.74, 6) is 1.13.